The molecule has 1 aliphatic heterocycles. The van der Waals surface area contributed by atoms with E-state index in [1.165, 1.54) is 10.4 Å². The van der Waals surface area contributed by atoms with E-state index in [1.807, 2.05) is 42.5 Å². The van der Waals surface area contributed by atoms with E-state index in [9.17, 15) is 0 Å². The number of hydrogen-bond donors (Lipinski definition) is 0. The highest BCUT2D eigenvalue weighted by molar-refractivity contribution is 6.99. The Morgan fingerprint density at radius 3 is 1.95 bits per heavy atom. The number of aryl methyl sites for hydroxylation is 1. The van der Waals surface area contributed by atoms with Gasteiger partial charge in [0.2, 0.25) is 5.91 Å². The van der Waals surface area contributed by atoms with Crippen molar-refractivity contribution in [2.75, 3.05) is 26.9 Å². The molecule has 0 bridgehead atoms. The molecule has 4 aromatic carbocycles. The number of allylic oxidation sites excluding steroid dienone is 1. The number of methoxy groups -OCH3 is 1. The Labute approximate surface area is 338 Å². The molecule has 6 nitrogen and oxygen atoms in total. The summed E-state index contributed by atoms with van der Waals surface area (Å²) in [6.07, 6.45) is 3.68. The normalized spacial score (nSPS) is 17.3. The molecule has 5 rings (SSSR count). The first kappa shape index (κ1) is 43.0. The maximum absolute atomic E-state index is 15.2. The fraction of sp³-hybridized carbons (Fsp3) is 0.449. The van der Waals surface area contributed by atoms with Gasteiger partial charge >= 0.3 is 0 Å². The molecule has 0 saturated carbocycles. The van der Waals surface area contributed by atoms with Gasteiger partial charge in [0.1, 0.15) is 18.1 Å². The molecule has 0 aliphatic carbocycles. The Bertz CT molecular complexity index is 1780. The van der Waals surface area contributed by atoms with Crippen molar-refractivity contribution in [2.24, 2.45) is 11.8 Å². The fourth-order valence-electron chi connectivity index (χ4n) is 8.54. The summed E-state index contributed by atoms with van der Waals surface area (Å²) in [5.74, 6) is 1.46. The van der Waals surface area contributed by atoms with Crippen LogP contribution in [0.3, 0.4) is 0 Å². The molecule has 300 valence electrons. The van der Waals surface area contributed by atoms with Crippen LogP contribution in [0.1, 0.15) is 79.7 Å². The van der Waals surface area contributed by atoms with Crippen molar-refractivity contribution in [3.05, 3.63) is 133 Å². The number of hydrogen-bond acceptors (Lipinski definition) is 5. The number of amides is 1. The van der Waals surface area contributed by atoms with Gasteiger partial charge in [-0.1, -0.05) is 124 Å². The van der Waals surface area contributed by atoms with Gasteiger partial charge in [-0.15, -0.1) is 0 Å². The van der Waals surface area contributed by atoms with Crippen LogP contribution in [0, 0.1) is 11.8 Å². The van der Waals surface area contributed by atoms with Crippen molar-refractivity contribution in [3.63, 3.8) is 0 Å². The van der Waals surface area contributed by atoms with Crippen molar-refractivity contribution < 1.29 is 23.4 Å². The second-order valence-electron chi connectivity index (χ2n) is 17.5. The smallest absolute Gasteiger partial charge is 0.261 e. The predicted molar refractivity (Wildman–Crippen MR) is 233 cm³/mol. The molecular formula is C49H65NO5Si. The first-order valence-corrected chi connectivity index (χ1v) is 22.3. The minimum atomic E-state index is -2.70. The predicted octanol–water partition coefficient (Wildman–Crippen LogP) is 9.66. The Balaban J connectivity index is 1.42. The van der Waals surface area contributed by atoms with Crippen LogP contribution in [0.4, 0.5) is 0 Å². The second kappa shape index (κ2) is 19.3. The molecule has 7 heteroatoms. The minimum Gasteiger partial charge on any atom is -0.497 e. The molecule has 0 spiro atoms. The lowest BCUT2D eigenvalue weighted by molar-refractivity contribution is -0.139. The molecule has 0 aromatic heterocycles. The highest BCUT2D eigenvalue weighted by Gasteiger charge is 2.50. The average molecular weight is 776 g/mol. The van der Waals surface area contributed by atoms with Crippen molar-refractivity contribution in [1.82, 2.24) is 4.90 Å². The quantitative estimate of drug-likeness (QED) is 0.0573. The Morgan fingerprint density at radius 1 is 0.804 bits per heavy atom. The lowest BCUT2D eigenvalue weighted by Gasteiger charge is -2.43. The molecule has 1 saturated heterocycles. The second-order valence-corrected chi connectivity index (χ2v) is 21.8. The summed E-state index contributed by atoms with van der Waals surface area (Å²) in [4.78, 5) is 17.2. The Morgan fingerprint density at radius 2 is 1.39 bits per heavy atom. The van der Waals surface area contributed by atoms with Crippen LogP contribution in [-0.4, -0.2) is 63.7 Å². The molecule has 1 amide bonds. The van der Waals surface area contributed by atoms with E-state index in [-0.39, 0.29) is 40.5 Å². The third-order valence-corrected chi connectivity index (χ3v) is 16.1. The summed E-state index contributed by atoms with van der Waals surface area (Å²) in [5, 5.41) is 2.43. The lowest BCUT2D eigenvalue weighted by atomic mass is 9.79. The molecule has 0 radical (unpaired) electrons. The monoisotopic (exact) mass is 775 g/mol. The van der Waals surface area contributed by atoms with Crippen molar-refractivity contribution in [3.8, 4) is 11.5 Å². The minimum absolute atomic E-state index is 0.0332. The number of likely N-dealkylation sites (tertiary alicyclic amines) is 1. The van der Waals surface area contributed by atoms with Gasteiger partial charge in [0, 0.05) is 19.1 Å². The van der Waals surface area contributed by atoms with E-state index in [0.717, 1.165) is 48.3 Å². The van der Waals surface area contributed by atoms with Crippen molar-refractivity contribution >= 4 is 24.6 Å². The van der Waals surface area contributed by atoms with Crippen LogP contribution in [0.25, 0.3) is 0 Å². The van der Waals surface area contributed by atoms with Crippen LogP contribution >= 0.6 is 0 Å². The Kier molecular flexibility index (Phi) is 14.8. The number of rotatable bonds is 18. The fourth-order valence-corrected chi connectivity index (χ4v) is 13.1. The van der Waals surface area contributed by atoms with Gasteiger partial charge in [0.05, 0.1) is 24.9 Å². The highest BCUT2D eigenvalue weighted by atomic mass is 28.4. The van der Waals surface area contributed by atoms with Gasteiger partial charge < -0.3 is 23.5 Å². The van der Waals surface area contributed by atoms with E-state index in [0.29, 0.717) is 26.2 Å². The molecule has 56 heavy (non-hydrogen) atoms. The number of carbonyl (C=O) groups is 1. The first-order valence-electron chi connectivity index (χ1n) is 20.4. The van der Waals surface area contributed by atoms with Crippen LogP contribution in [0.5, 0.6) is 11.5 Å². The van der Waals surface area contributed by atoms with E-state index < -0.39 is 8.32 Å². The largest absolute Gasteiger partial charge is 0.497 e. The van der Waals surface area contributed by atoms with Crippen molar-refractivity contribution in [1.29, 1.82) is 0 Å². The van der Waals surface area contributed by atoms with Gasteiger partial charge in [-0.25, -0.2) is 0 Å². The van der Waals surface area contributed by atoms with Crippen LogP contribution in [0.2, 0.25) is 5.04 Å². The van der Waals surface area contributed by atoms with Gasteiger partial charge in [-0.05, 0) is 111 Å². The molecule has 0 N–H and O–H groups in total. The Hall–Kier alpha value is -4.17. The maximum atomic E-state index is 15.2. The third-order valence-electron chi connectivity index (χ3n) is 11.1. The summed E-state index contributed by atoms with van der Waals surface area (Å²) in [7, 11) is -1.01. The standard InChI is InChI=1S/C49H65NO5Si/c1-37(2)45(29-20-32-54-56(49(6,7)8,43-25-15-11-16-26-43)44-27-17-12-18-28-44)46(31-30-38-21-19-24-41(33-38)52-9)47(51)50-35-42(55-48(3,4)5)34-39(50)36-53-40-22-13-10-14-23-40/h10-19,21-28,33,39,42,45-46H,1,20,29-32,34-36H2,2-9H3/t39-,42+,45-,46+/m0/s1. The first-order chi connectivity index (χ1) is 26.7. The number of ether oxygens (including phenoxy) is 3. The van der Waals surface area contributed by atoms with Gasteiger partial charge in [-0.2, -0.15) is 0 Å². The topological polar surface area (TPSA) is 57.2 Å². The molecule has 4 atom stereocenters. The summed E-state index contributed by atoms with van der Waals surface area (Å²) in [6.45, 7) is 21.3. The van der Waals surface area contributed by atoms with E-state index in [4.69, 9.17) is 18.6 Å². The third kappa shape index (κ3) is 11.0. The van der Waals surface area contributed by atoms with E-state index in [1.54, 1.807) is 7.11 Å². The van der Waals surface area contributed by atoms with Crippen molar-refractivity contribution in [2.45, 2.75) is 103 Å². The summed E-state index contributed by atoms with van der Waals surface area (Å²) >= 11 is 0. The molecule has 0 unspecified atom stereocenters. The average Bonchev–Trinajstić information content (AvgIpc) is 3.57. The summed E-state index contributed by atoms with van der Waals surface area (Å²) in [6, 6.07) is 39.5. The molecule has 1 aliphatic rings. The number of para-hydroxylation sites is 1. The molecular weight excluding hydrogens is 711 g/mol. The molecule has 1 heterocycles. The summed E-state index contributed by atoms with van der Waals surface area (Å²) in [5.41, 5.74) is 1.85. The zero-order valence-corrected chi connectivity index (χ0v) is 36.1. The number of benzene rings is 4. The van der Waals surface area contributed by atoms with E-state index in [2.05, 4.69) is 133 Å². The van der Waals surface area contributed by atoms with Gasteiger partial charge in [0.25, 0.3) is 8.32 Å². The SMILES string of the molecule is C=C(C)[C@H](CCCO[Si](c1ccccc1)(c1ccccc1)C(C)(C)C)[C@@H](CCc1cccc(OC)c1)C(=O)N1C[C@H](OC(C)(C)C)C[C@H]1COc1ccccc1. The maximum Gasteiger partial charge on any atom is 0.261 e. The van der Waals surface area contributed by atoms with Crippen LogP contribution in [0.15, 0.2) is 127 Å². The lowest BCUT2D eigenvalue weighted by Crippen LogP contribution is -2.66. The van der Waals surface area contributed by atoms with Crippen LogP contribution < -0.4 is 19.8 Å². The zero-order chi connectivity index (χ0) is 40.3. The van der Waals surface area contributed by atoms with E-state index >= 15 is 4.79 Å². The molecule has 1 fully saturated rings. The van der Waals surface area contributed by atoms with Gasteiger partial charge in [-0.3, -0.25) is 4.79 Å². The number of carbonyl (C=O) groups excluding carboxylic acids is 1. The van der Waals surface area contributed by atoms with Gasteiger partial charge in [0.15, 0.2) is 0 Å². The zero-order valence-electron chi connectivity index (χ0n) is 35.1. The number of nitrogens with zero attached hydrogens (tertiary/aromatic N) is 1. The molecule has 4 aromatic rings. The highest BCUT2D eigenvalue weighted by Crippen LogP contribution is 2.38. The van der Waals surface area contributed by atoms with Crippen LogP contribution in [-0.2, 0) is 20.4 Å². The summed E-state index contributed by atoms with van der Waals surface area (Å²) < 4.78 is 25.7.